The second-order valence-corrected chi connectivity index (χ2v) is 9.08. The van der Waals surface area contributed by atoms with Gasteiger partial charge in [-0.1, -0.05) is 30.0 Å². The van der Waals surface area contributed by atoms with E-state index in [2.05, 4.69) is 15.6 Å². The number of alkyl halides is 3. The van der Waals surface area contributed by atoms with Crippen molar-refractivity contribution in [3.63, 3.8) is 0 Å². The first-order valence-corrected chi connectivity index (χ1v) is 10.8. The Bertz CT molecular complexity index is 1270. The number of fused-ring (bicyclic) bond motifs is 1. The highest BCUT2D eigenvalue weighted by molar-refractivity contribution is 7.99. The van der Waals surface area contributed by atoms with E-state index in [1.807, 2.05) is 0 Å². The summed E-state index contributed by atoms with van der Waals surface area (Å²) in [6.07, 6.45) is -4.60. The third-order valence-corrected chi connectivity index (χ3v) is 5.19. The van der Waals surface area contributed by atoms with Crippen LogP contribution in [0, 0.1) is 0 Å². The first-order chi connectivity index (χ1) is 15.3. The van der Waals surface area contributed by atoms with E-state index < -0.39 is 34.8 Å². The van der Waals surface area contributed by atoms with Crippen molar-refractivity contribution < 1.29 is 22.8 Å². The molecule has 2 N–H and O–H groups in total. The van der Waals surface area contributed by atoms with E-state index in [9.17, 15) is 27.6 Å². The fourth-order valence-electron chi connectivity index (χ4n) is 2.92. The number of benzene rings is 2. The average Bonchev–Trinajstić information content (AvgIpc) is 2.70. The van der Waals surface area contributed by atoms with Crippen LogP contribution in [0.25, 0.3) is 16.6 Å². The van der Waals surface area contributed by atoms with Gasteiger partial charge in [0.2, 0.25) is 5.91 Å². The Labute approximate surface area is 191 Å². The van der Waals surface area contributed by atoms with Crippen LogP contribution in [0.2, 0.25) is 0 Å². The summed E-state index contributed by atoms with van der Waals surface area (Å²) in [7, 11) is 0. The maximum absolute atomic E-state index is 13.2. The number of carbonyl (C=O) groups excluding carboxylic acids is 2. The number of aromatic nitrogens is 2. The molecule has 0 radical (unpaired) electrons. The minimum Gasteiger partial charge on any atom is -0.333 e. The van der Waals surface area contributed by atoms with E-state index >= 15 is 0 Å². The summed E-state index contributed by atoms with van der Waals surface area (Å²) in [4.78, 5) is 41.7. The number of urea groups is 1. The number of carbonyl (C=O) groups is 2. The van der Waals surface area contributed by atoms with Crippen molar-refractivity contribution in [3.05, 3.63) is 64.4 Å². The number of para-hydroxylation sites is 1. The second-order valence-electron chi connectivity index (χ2n) is 8.14. The number of thioether (sulfide) groups is 1. The summed E-state index contributed by atoms with van der Waals surface area (Å²) in [6.45, 7) is 5.25. The largest absolute Gasteiger partial charge is 0.416 e. The standard InChI is InChI=1S/C22H21F3N4O3S/c1-21(2,3)28-19(32)27-17(30)12-33-20-26-16-10-5-4-9-15(16)18(31)29(20)14-8-6-7-13(11-14)22(23,24)25/h4-11H,12H2,1-3H3,(H2,27,28,30,32). The lowest BCUT2D eigenvalue weighted by atomic mass is 10.1. The van der Waals surface area contributed by atoms with Gasteiger partial charge in [-0.2, -0.15) is 13.2 Å². The summed E-state index contributed by atoms with van der Waals surface area (Å²) in [6, 6.07) is 10.0. The van der Waals surface area contributed by atoms with Crippen molar-refractivity contribution in [1.29, 1.82) is 0 Å². The Morgan fingerprint density at radius 2 is 1.76 bits per heavy atom. The Kier molecular flexibility index (Phi) is 6.82. The lowest BCUT2D eigenvalue weighted by Crippen LogP contribution is -2.48. The average molecular weight is 478 g/mol. The van der Waals surface area contributed by atoms with Gasteiger partial charge in [-0.25, -0.2) is 9.78 Å². The molecule has 0 aliphatic heterocycles. The predicted octanol–water partition coefficient (Wildman–Crippen LogP) is 4.12. The summed E-state index contributed by atoms with van der Waals surface area (Å²) >= 11 is 0.831. The zero-order valence-corrected chi connectivity index (χ0v) is 18.8. The van der Waals surface area contributed by atoms with Crippen molar-refractivity contribution in [1.82, 2.24) is 20.2 Å². The molecule has 11 heteroatoms. The van der Waals surface area contributed by atoms with Crippen LogP contribution in [0.15, 0.2) is 58.5 Å². The Balaban J connectivity index is 1.97. The lowest BCUT2D eigenvalue weighted by molar-refractivity contribution is -0.137. The van der Waals surface area contributed by atoms with E-state index in [1.54, 1.807) is 39.0 Å². The fourth-order valence-corrected chi connectivity index (χ4v) is 3.74. The summed E-state index contributed by atoms with van der Waals surface area (Å²) in [5, 5.41) is 4.99. The number of nitrogens with zero attached hydrogens (tertiary/aromatic N) is 2. The van der Waals surface area contributed by atoms with E-state index in [0.29, 0.717) is 5.52 Å². The quantitative estimate of drug-likeness (QED) is 0.435. The van der Waals surface area contributed by atoms with Crippen LogP contribution in [-0.2, 0) is 11.0 Å². The number of nitrogens with one attached hydrogen (secondary N) is 2. The number of rotatable bonds is 4. The maximum atomic E-state index is 13.2. The summed E-state index contributed by atoms with van der Waals surface area (Å²) in [5.74, 6) is -0.943. The maximum Gasteiger partial charge on any atom is 0.416 e. The van der Waals surface area contributed by atoms with Gasteiger partial charge in [-0.05, 0) is 51.1 Å². The van der Waals surface area contributed by atoms with Crippen LogP contribution < -0.4 is 16.2 Å². The molecule has 3 rings (SSSR count). The van der Waals surface area contributed by atoms with Crippen molar-refractivity contribution in [2.45, 2.75) is 37.6 Å². The molecule has 1 heterocycles. The molecule has 0 fully saturated rings. The van der Waals surface area contributed by atoms with Crippen molar-refractivity contribution >= 4 is 34.6 Å². The highest BCUT2D eigenvalue weighted by Gasteiger charge is 2.31. The van der Waals surface area contributed by atoms with Gasteiger partial charge in [0.05, 0.1) is 27.9 Å². The van der Waals surface area contributed by atoms with Crippen LogP contribution in [-0.4, -0.2) is 32.8 Å². The third kappa shape index (κ3) is 6.13. The highest BCUT2D eigenvalue weighted by atomic mass is 32.2. The molecule has 0 saturated heterocycles. The van der Waals surface area contributed by atoms with Gasteiger partial charge < -0.3 is 5.32 Å². The number of amides is 3. The smallest absolute Gasteiger partial charge is 0.333 e. The van der Waals surface area contributed by atoms with Crippen molar-refractivity contribution in [2.75, 3.05) is 5.75 Å². The molecule has 2 aromatic carbocycles. The van der Waals surface area contributed by atoms with Gasteiger partial charge in [0.25, 0.3) is 5.56 Å². The molecular weight excluding hydrogens is 457 g/mol. The molecule has 0 unspecified atom stereocenters. The molecule has 0 saturated carbocycles. The number of hydrogen-bond donors (Lipinski definition) is 2. The van der Waals surface area contributed by atoms with E-state index in [4.69, 9.17) is 0 Å². The molecule has 0 atom stereocenters. The molecule has 0 aliphatic carbocycles. The van der Waals surface area contributed by atoms with Crippen molar-refractivity contribution in [2.24, 2.45) is 0 Å². The second kappa shape index (κ2) is 9.26. The Morgan fingerprint density at radius 3 is 2.42 bits per heavy atom. The minimum absolute atomic E-state index is 0.0180. The first-order valence-electron chi connectivity index (χ1n) is 9.79. The topological polar surface area (TPSA) is 93.1 Å². The van der Waals surface area contributed by atoms with Gasteiger partial charge in [0.1, 0.15) is 0 Å². The van der Waals surface area contributed by atoms with Gasteiger partial charge in [-0.3, -0.25) is 19.5 Å². The molecule has 174 valence electrons. The third-order valence-electron chi connectivity index (χ3n) is 4.25. The number of imide groups is 1. The highest BCUT2D eigenvalue weighted by Crippen LogP contribution is 2.31. The zero-order chi connectivity index (χ0) is 24.4. The van der Waals surface area contributed by atoms with Gasteiger partial charge in [0, 0.05) is 5.54 Å². The molecule has 33 heavy (non-hydrogen) atoms. The minimum atomic E-state index is -4.60. The number of hydrogen-bond acceptors (Lipinski definition) is 5. The molecule has 0 bridgehead atoms. The van der Waals surface area contributed by atoms with Gasteiger partial charge >= 0.3 is 12.2 Å². The lowest BCUT2D eigenvalue weighted by Gasteiger charge is -2.20. The van der Waals surface area contributed by atoms with Gasteiger partial charge in [-0.15, -0.1) is 0 Å². The first kappa shape index (κ1) is 24.3. The number of halogens is 3. The Morgan fingerprint density at radius 1 is 1.06 bits per heavy atom. The van der Waals surface area contributed by atoms with Crippen molar-refractivity contribution in [3.8, 4) is 5.69 Å². The summed E-state index contributed by atoms with van der Waals surface area (Å²) in [5.41, 5.74) is -1.76. The molecule has 0 aliphatic rings. The predicted molar refractivity (Wildman–Crippen MR) is 119 cm³/mol. The molecular formula is C22H21F3N4O3S. The van der Waals surface area contributed by atoms with E-state index in [1.165, 1.54) is 18.2 Å². The van der Waals surface area contributed by atoms with Crippen LogP contribution in [0.3, 0.4) is 0 Å². The normalized spacial score (nSPS) is 11.9. The molecule has 1 aromatic heterocycles. The molecule has 3 aromatic rings. The van der Waals surface area contributed by atoms with Gasteiger partial charge in [0.15, 0.2) is 5.16 Å². The van der Waals surface area contributed by atoms with Crippen LogP contribution in [0.4, 0.5) is 18.0 Å². The fraction of sp³-hybridized carbons (Fsp3) is 0.273. The van der Waals surface area contributed by atoms with E-state index in [0.717, 1.165) is 28.5 Å². The molecule has 3 amide bonds. The van der Waals surface area contributed by atoms with Crippen LogP contribution in [0.5, 0.6) is 0 Å². The molecule has 0 spiro atoms. The van der Waals surface area contributed by atoms with E-state index in [-0.39, 0.29) is 22.0 Å². The Hall–Kier alpha value is -3.34. The monoisotopic (exact) mass is 478 g/mol. The summed E-state index contributed by atoms with van der Waals surface area (Å²) < 4.78 is 40.7. The van der Waals surface area contributed by atoms with Crippen LogP contribution in [0.1, 0.15) is 26.3 Å². The molecule has 7 nitrogen and oxygen atoms in total. The van der Waals surface area contributed by atoms with Crippen LogP contribution >= 0.6 is 11.8 Å². The SMILES string of the molecule is CC(C)(C)NC(=O)NC(=O)CSc1nc2ccccc2c(=O)n1-c1cccc(C(F)(F)F)c1. The zero-order valence-electron chi connectivity index (χ0n) is 18.0.